The Kier molecular flexibility index (Phi) is 6.86. The summed E-state index contributed by atoms with van der Waals surface area (Å²) in [7, 11) is -2.47. The van der Waals surface area contributed by atoms with E-state index < -0.39 is 51.6 Å². The number of halogens is 1. The molecule has 3 aliphatic heterocycles. The Labute approximate surface area is 256 Å². The molecule has 2 amide bonds. The lowest BCUT2D eigenvalue weighted by Gasteiger charge is -2.28. The van der Waals surface area contributed by atoms with E-state index in [1.54, 1.807) is 31.4 Å². The van der Waals surface area contributed by atoms with Gasteiger partial charge in [0.2, 0.25) is 11.8 Å². The molecule has 2 aliphatic carbocycles. The summed E-state index contributed by atoms with van der Waals surface area (Å²) in [6.45, 7) is -0.0838. The number of nitrogens with one attached hydrogen (secondary N) is 1. The minimum atomic E-state index is -4.17. The predicted octanol–water partition coefficient (Wildman–Crippen LogP) is 2.36. The molecular weight excluding hydrogens is 642 g/mol. The maximum Gasteiger partial charge on any atom is 0.341 e. The van der Waals surface area contributed by atoms with Gasteiger partial charge in [-0.25, -0.2) is 9.79 Å². The number of aryl methyl sites for hydroxylation is 1. The Morgan fingerprint density at radius 1 is 1.19 bits per heavy atom. The van der Waals surface area contributed by atoms with Gasteiger partial charge in [-0.1, -0.05) is 28.1 Å². The smallest absolute Gasteiger partial charge is 0.341 e. The number of benzene rings is 1. The molecule has 12 nitrogen and oxygen atoms in total. The Morgan fingerprint density at radius 2 is 1.98 bits per heavy atom. The van der Waals surface area contributed by atoms with Gasteiger partial charge in [-0.3, -0.25) is 18.5 Å². The van der Waals surface area contributed by atoms with Crippen LogP contribution >= 0.6 is 15.9 Å². The summed E-state index contributed by atoms with van der Waals surface area (Å²) < 4.78 is 39.9. The van der Waals surface area contributed by atoms with E-state index in [0.717, 1.165) is 19.3 Å². The van der Waals surface area contributed by atoms with Crippen molar-refractivity contribution in [3.63, 3.8) is 0 Å². The summed E-state index contributed by atoms with van der Waals surface area (Å²) in [5.74, 6) is -1.19. The molecule has 1 unspecified atom stereocenters. The molecule has 1 saturated heterocycles. The minimum Gasteiger partial charge on any atom is -0.408 e. The summed E-state index contributed by atoms with van der Waals surface area (Å²) in [5, 5.41) is 7.08. The van der Waals surface area contributed by atoms with E-state index in [-0.39, 0.29) is 47.2 Å². The maximum absolute atomic E-state index is 14.3. The zero-order valence-corrected chi connectivity index (χ0v) is 25.7. The van der Waals surface area contributed by atoms with E-state index in [4.69, 9.17) is 13.9 Å². The van der Waals surface area contributed by atoms with E-state index in [1.165, 1.54) is 21.7 Å². The first-order valence-electron chi connectivity index (χ1n) is 14.3. The van der Waals surface area contributed by atoms with Crippen LogP contribution < -0.4 is 5.32 Å². The molecule has 43 heavy (non-hydrogen) atoms. The van der Waals surface area contributed by atoms with Crippen molar-refractivity contribution < 1.29 is 31.7 Å². The van der Waals surface area contributed by atoms with Crippen LogP contribution in [0.4, 0.5) is 0 Å². The second-order valence-electron chi connectivity index (χ2n) is 11.9. The number of ether oxygens (including phenoxy) is 1. The number of rotatable bonds is 5. The number of hydrogen-bond donors (Lipinski definition) is 1. The average molecular weight is 673 g/mol. The predicted molar refractivity (Wildman–Crippen MR) is 155 cm³/mol. The van der Waals surface area contributed by atoms with Crippen molar-refractivity contribution in [1.82, 2.24) is 20.0 Å². The topological polar surface area (TPSA) is 149 Å². The number of allylic oxidation sites excluding steroid dienone is 1. The zero-order chi connectivity index (χ0) is 30.1. The first-order chi connectivity index (χ1) is 20.5. The molecule has 2 aromatic rings. The highest BCUT2D eigenvalue weighted by Gasteiger charge is 2.65. The molecule has 1 spiro atoms. The van der Waals surface area contributed by atoms with E-state index in [1.807, 2.05) is 6.08 Å². The summed E-state index contributed by atoms with van der Waals surface area (Å²) in [5.41, 5.74) is -0.813. The largest absolute Gasteiger partial charge is 0.408 e. The first kappa shape index (κ1) is 28.4. The van der Waals surface area contributed by atoms with E-state index in [0.29, 0.717) is 10.9 Å². The number of aliphatic imine (C=N–C) groups is 1. The number of esters is 1. The number of fused-ring (bicyclic) bond motifs is 3. The fourth-order valence-corrected chi connectivity index (χ4v) is 7.85. The second kappa shape index (κ2) is 10.4. The highest BCUT2D eigenvalue weighted by molar-refractivity contribution is 9.10. The number of hydrogen-bond acceptors (Lipinski definition) is 9. The highest BCUT2D eigenvalue weighted by Crippen LogP contribution is 2.53. The number of carbonyl (C=O) groups is 3. The zero-order valence-electron chi connectivity index (χ0n) is 23.3. The van der Waals surface area contributed by atoms with Gasteiger partial charge >= 0.3 is 5.97 Å². The monoisotopic (exact) mass is 671 g/mol. The number of nitrogens with zero attached hydrogens (tertiary/aromatic N) is 4. The fraction of sp³-hybridized carbons (Fsp3) is 0.483. The van der Waals surface area contributed by atoms with Crippen molar-refractivity contribution in [2.45, 2.75) is 60.7 Å². The van der Waals surface area contributed by atoms with Crippen molar-refractivity contribution >= 4 is 49.7 Å². The molecule has 3 fully saturated rings. The lowest BCUT2D eigenvalue weighted by molar-refractivity contribution is -0.138. The molecule has 1 aromatic heterocycles. The summed E-state index contributed by atoms with van der Waals surface area (Å²) in [4.78, 5) is 46.7. The van der Waals surface area contributed by atoms with Gasteiger partial charge in [0.15, 0.2) is 5.54 Å². The van der Waals surface area contributed by atoms with E-state index >= 15 is 0 Å². The first-order valence-corrected chi connectivity index (χ1v) is 16.5. The standard InChI is InChI=1S/C29H30BrN5O7S/c1-34-11-10-22(33-34)25(36)31-24-21-12-16(21)4-2-3-5-17-14-29(17)28(38)41-26(32-29)23-13-19(15-35(23)27(24)37)42-43(39,40)20-8-6-18(30)7-9-20/h3,5-11,16-17,19,21,23-24H,2,4,12-15H2,1H3,(H,31,36)/b5-3-/t16-,17+,19-,21?,23-,24-,29+/m0/s1. The van der Waals surface area contributed by atoms with Crippen LogP contribution in [0.1, 0.15) is 42.6 Å². The SMILES string of the molecule is Cn1ccc(C(=O)N[C@@H]2C(=O)N3C[C@@H](OS(=O)(=O)c4ccc(Br)cc4)C[C@H]3C3=N[C@@]4(C[C@H]4/C=C\CC[C@H]4CC42)C(=O)O3)n1. The van der Waals surface area contributed by atoms with Crippen LogP contribution in [0.5, 0.6) is 0 Å². The molecule has 7 rings (SSSR count). The van der Waals surface area contributed by atoms with Gasteiger partial charge in [-0.05, 0) is 67.9 Å². The second-order valence-corrected chi connectivity index (χ2v) is 14.4. The van der Waals surface area contributed by atoms with Gasteiger partial charge in [0.1, 0.15) is 17.8 Å². The van der Waals surface area contributed by atoms with Gasteiger partial charge in [-0.2, -0.15) is 13.5 Å². The van der Waals surface area contributed by atoms with Gasteiger partial charge in [0, 0.05) is 36.6 Å². The molecule has 14 heteroatoms. The number of aromatic nitrogens is 2. The van der Waals surface area contributed by atoms with Crippen LogP contribution in [0.25, 0.3) is 0 Å². The van der Waals surface area contributed by atoms with Gasteiger partial charge in [0.05, 0.1) is 11.0 Å². The number of amides is 2. The molecule has 226 valence electrons. The summed E-state index contributed by atoms with van der Waals surface area (Å²) >= 11 is 3.30. The Bertz CT molecular complexity index is 1670. The molecule has 4 heterocycles. The van der Waals surface area contributed by atoms with Crippen LogP contribution in [0.3, 0.4) is 0 Å². The van der Waals surface area contributed by atoms with Crippen molar-refractivity contribution in [3.8, 4) is 0 Å². The third kappa shape index (κ3) is 5.22. The van der Waals surface area contributed by atoms with E-state index in [2.05, 4.69) is 32.4 Å². The summed E-state index contributed by atoms with van der Waals surface area (Å²) in [6.07, 6.45) is 7.77. The molecule has 7 atom stereocenters. The molecule has 2 saturated carbocycles. The van der Waals surface area contributed by atoms with Crippen LogP contribution in [0.2, 0.25) is 0 Å². The molecule has 5 aliphatic rings. The van der Waals surface area contributed by atoms with Crippen molar-refractivity contribution in [1.29, 1.82) is 0 Å². The van der Waals surface area contributed by atoms with Crippen molar-refractivity contribution in [2.75, 3.05) is 6.54 Å². The average Bonchev–Trinajstić information content (AvgIpc) is 3.70. The third-order valence-corrected chi connectivity index (χ3v) is 10.9. The Balaban J connectivity index is 1.21. The summed E-state index contributed by atoms with van der Waals surface area (Å²) in [6, 6.07) is 5.93. The molecule has 0 radical (unpaired) electrons. The molecular formula is C29H30BrN5O7S. The Morgan fingerprint density at radius 3 is 2.72 bits per heavy atom. The van der Waals surface area contributed by atoms with Crippen LogP contribution in [0, 0.1) is 17.8 Å². The molecule has 1 N–H and O–H groups in total. The fourth-order valence-electron chi connectivity index (χ4n) is 6.50. The van der Waals surface area contributed by atoms with Gasteiger partial charge in [0.25, 0.3) is 16.0 Å². The van der Waals surface area contributed by atoms with E-state index in [9.17, 15) is 22.8 Å². The quantitative estimate of drug-likeness (QED) is 0.289. The highest BCUT2D eigenvalue weighted by atomic mass is 79.9. The van der Waals surface area contributed by atoms with Gasteiger partial charge in [-0.15, -0.1) is 0 Å². The van der Waals surface area contributed by atoms with Gasteiger partial charge < -0.3 is 15.0 Å². The Hall–Kier alpha value is -3.36. The maximum atomic E-state index is 14.3. The molecule has 2 bridgehead atoms. The van der Waals surface area contributed by atoms with Crippen LogP contribution in [-0.2, 0) is 35.7 Å². The van der Waals surface area contributed by atoms with Crippen molar-refractivity contribution in [3.05, 3.63) is 58.8 Å². The normalized spacial score (nSPS) is 33.8. The van der Waals surface area contributed by atoms with Crippen LogP contribution in [-0.4, -0.2) is 77.1 Å². The lowest BCUT2D eigenvalue weighted by Crippen LogP contribution is -2.53. The van der Waals surface area contributed by atoms with Crippen LogP contribution in [0.15, 0.2) is 63.0 Å². The third-order valence-electron chi connectivity index (χ3n) is 9.02. The minimum absolute atomic E-state index is 0.0204. The lowest BCUT2D eigenvalue weighted by atomic mass is 10.0. The molecule has 1 aromatic carbocycles. The number of carbonyl (C=O) groups excluding carboxylic acids is 3. The van der Waals surface area contributed by atoms with Crippen molar-refractivity contribution in [2.24, 2.45) is 29.8 Å².